The molecule has 0 aliphatic rings. The van der Waals surface area contributed by atoms with Crippen molar-refractivity contribution in [3.05, 3.63) is 0 Å². The average molecular weight is 162 g/mol. The quantitative estimate of drug-likeness (QED) is 0.608. The Morgan fingerprint density at radius 2 is 2.10 bits per heavy atom. The fourth-order valence-corrected chi connectivity index (χ4v) is 1.13. The maximum atomic E-state index is 10.4. The minimum atomic E-state index is -0.493. The number of thioether (sulfide) groups is 1. The molecule has 0 heterocycles. The van der Waals surface area contributed by atoms with E-state index in [0.29, 0.717) is 11.0 Å². The van der Waals surface area contributed by atoms with Crippen LogP contribution in [-0.4, -0.2) is 23.0 Å². The van der Waals surface area contributed by atoms with Gasteiger partial charge >= 0.3 is 0 Å². The molecule has 0 saturated heterocycles. The van der Waals surface area contributed by atoms with Gasteiger partial charge in [0.25, 0.3) is 0 Å². The first kappa shape index (κ1) is 9.78. The average Bonchev–Trinajstić information content (AvgIpc) is 1.82. The molecule has 0 aromatic rings. The third-order valence-electron chi connectivity index (χ3n) is 0.975. The highest BCUT2D eigenvalue weighted by Gasteiger charge is 2.08. The molecule has 4 heteroatoms. The number of primary amides is 1. The second-order valence-electron chi connectivity index (χ2n) is 2.39. The first-order valence-corrected chi connectivity index (χ1v) is 4.25. The first-order chi connectivity index (χ1) is 4.54. The molecule has 0 spiro atoms. The molecule has 1 atom stereocenters. The van der Waals surface area contributed by atoms with Gasteiger partial charge in [0.15, 0.2) is 0 Å². The van der Waals surface area contributed by atoms with Crippen LogP contribution in [0.3, 0.4) is 0 Å². The lowest BCUT2D eigenvalue weighted by atomic mass is 10.3. The van der Waals surface area contributed by atoms with Crippen molar-refractivity contribution < 1.29 is 4.79 Å². The van der Waals surface area contributed by atoms with Crippen molar-refractivity contribution in [2.24, 2.45) is 11.5 Å². The summed E-state index contributed by atoms with van der Waals surface area (Å²) < 4.78 is 0. The van der Waals surface area contributed by atoms with Crippen molar-refractivity contribution in [1.82, 2.24) is 0 Å². The van der Waals surface area contributed by atoms with E-state index < -0.39 is 11.9 Å². The van der Waals surface area contributed by atoms with Crippen molar-refractivity contribution >= 4 is 17.7 Å². The van der Waals surface area contributed by atoms with Gasteiger partial charge in [-0.2, -0.15) is 11.8 Å². The second kappa shape index (κ2) is 4.57. The van der Waals surface area contributed by atoms with Gasteiger partial charge in [-0.15, -0.1) is 0 Å². The molecule has 0 fully saturated rings. The molecule has 0 unspecified atom stereocenters. The minimum absolute atomic E-state index is 0.423. The summed E-state index contributed by atoms with van der Waals surface area (Å²) in [6.07, 6.45) is 0. The molecule has 0 rings (SSSR count). The predicted molar refractivity (Wildman–Crippen MR) is 44.8 cm³/mol. The zero-order chi connectivity index (χ0) is 8.15. The van der Waals surface area contributed by atoms with Crippen LogP contribution in [0, 0.1) is 0 Å². The van der Waals surface area contributed by atoms with Gasteiger partial charge in [0.05, 0.1) is 6.04 Å². The van der Waals surface area contributed by atoms with Crippen molar-refractivity contribution in [1.29, 1.82) is 0 Å². The third kappa shape index (κ3) is 4.64. The Hall–Kier alpha value is -0.220. The zero-order valence-electron chi connectivity index (χ0n) is 6.33. The van der Waals surface area contributed by atoms with Crippen LogP contribution in [0.15, 0.2) is 0 Å². The molecule has 0 saturated carbocycles. The first-order valence-electron chi connectivity index (χ1n) is 3.20. The van der Waals surface area contributed by atoms with Crippen molar-refractivity contribution in [2.75, 3.05) is 5.75 Å². The van der Waals surface area contributed by atoms with Crippen molar-refractivity contribution in [3.63, 3.8) is 0 Å². The van der Waals surface area contributed by atoms with E-state index in [9.17, 15) is 4.79 Å². The molecule has 0 bridgehead atoms. The van der Waals surface area contributed by atoms with Gasteiger partial charge in [0, 0.05) is 5.75 Å². The molecule has 0 aromatic carbocycles. The van der Waals surface area contributed by atoms with E-state index in [1.54, 1.807) is 11.8 Å². The summed E-state index contributed by atoms with van der Waals surface area (Å²) in [5.41, 5.74) is 10.3. The van der Waals surface area contributed by atoms with Crippen LogP contribution in [0.1, 0.15) is 13.8 Å². The Labute approximate surface area is 65.5 Å². The van der Waals surface area contributed by atoms with Crippen LogP contribution in [0.2, 0.25) is 0 Å². The van der Waals surface area contributed by atoms with Gasteiger partial charge in [-0.3, -0.25) is 4.79 Å². The number of carbonyl (C=O) groups excluding carboxylic acids is 1. The molecule has 0 aromatic heterocycles. The molecule has 3 nitrogen and oxygen atoms in total. The Bertz CT molecular complexity index is 116. The SMILES string of the molecule is CC(C)SC[C@H](N)C(N)=O. The van der Waals surface area contributed by atoms with Crippen molar-refractivity contribution in [3.8, 4) is 0 Å². The highest BCUT2D eigenvalue weighted by Crippen LogP contribution is 2.08. The van der Waals surface area contributed by atoms with Crippen LogP contribution in [0.5, 0.6) is 0 Å². The summed E-state index contributed by atoms with van der Waals surface area (Å²) in [7, 11) is 0. The topological polar surface area (TPSA) is 69.1 Å². The van der Waals surface area contributed by atoms with E-state index in [1.807, 2.05) is 0 Å². The maximum Gasteiger partial charge on any atom is 0.235 e. The van der Waals surface area contributed by atoms with Crippen LogP contribution in [-0.2, 0) is 4.79 Å². The third-order valence-corrected chi connectivity index (χ3v) is 2.19. The molecule has 1 amide bonds. The Kier molecular flexibility index (Phi) is 4.47. The van der Waals surface area contributed by atoms with Crippen LogP contribution >= 0.6 is 11.8 Å². The smallest absolute Gasteiger partial charge is 0.235 e. The van der Waals surface area contributed by atoms with E-state index in [1.165, 1.54) is 0 Å². The van der Waals surface area contributed by atoms with Crippen molar-refractivity contribution in [2.45, 2.75) is 25.1 Å². The predicted octanol–water partition coefficient (Wildman–Crippen LogP) is -0.0594. The lowest BCUT2D eigenvalue weighted by Gasteiger charge is -2.08. The number of carbonyl (C=O) groups is 1. The molecule has 0 aliphatic carbocycles. The van der Waals surface area contributed by atoms with E-state index >= 15 is 0 Å². The lowest BCUT2D eigenvalue weighted by molar-refractivity contribution is -0.118. The molecule has 0 radical (unpaired) electrons. The van der Waals surface area contributed by atoms with Gasteiger partial charge in [0.2, 0.25) is 5.91 Å². The molecule has 4 N–H and O–H groups in total. The monoisotopic (exact) mass is 162 g/mol. The van der Waals surface area contributed by atoms with Gasteiger partial charge < -0.3 is 11.5 Å². The lowest BCUT2D eigenvalue weighted by Crippen LogP contribution is -2.38. The Morgan fingerprint density at radius 3 is 2.40 bits per heavy atom. The fourth-order valence-electron chi connectivity index (χ4n) is 0.378. The number of rotatable bonds is 4. The van der Waals surface area contributed by atoms with Crippen LogP contribution in [0.25, 0.3) is 0 Å². The Morgan fingerprint density at radius 1 is 1.60 bits per heavy atom. The van der Waals surface area contributed by atoms with Gasteiger partial charge in [-0.1, -0.05) is 13.8 Å². The number of hydrogen-bond acceptors (Lipinski definition) is 3. The summed E-state index contributed by atoms with van der Waals surface area (Å²) in [5, 5.41) is 0.505. The summed E-state index contributed by atoms with van der Waals surface area (Å²) >= 11 is 1.64. The molecule has 0 aliphatic heterocycles. The van der Waals surface area contributed by atoms with E-state index in [0.717, 1.165) is 0 Å². The molecular formula is C6H14N2OS. The number of amides is 1. The summed E-state index contributed by atoms with van der Waals surface area (Å²) in [5.74, 6) is 0.195. The summed E-state index contributed by atoms with van der Waals surface area (Å²) in [6.45, 7) is 4.11. The maximum absolute atomic E-state index is 10.4. The van der Waals surface area contributed by atoms with E-state index in [-0.39, 0.29) is 0 Å². The van der Waals surface area contributed by atoms with Gasteiger partial charge in [-0.05, 0) is 5.25 Å². The van der Waals surface area contributed by atoms with E-state index in [4.69, 9.17) is 11.5 Å². The second-order valence-corrected chi connectivity index (χ2v) is 4.00. The summed E-state index contributed by atoms with van der Waals surface area (Å²) in [4.78, 5) is 10.4. The van der Waals surface area contributed by atoms with Gasteiger partial charge in [0.1, 0.15) is 0 Å². The highest BCUT2D eigenvalue weighted by molar-refractivity contribution is 7.99. The standard InChI is InChI=1S/C6H14N2OS/c1-4(2)10-3-5(7)6(8)9/h4-5H,3,7H2,1-2H3,(H2,8,9)/t5-/m0/s1. The molecule has 60 valence electrons. The van der Waals surface area contributed by atoms with Gasteiger partial charge in [-0.25, -0.2) is 0 Å². The Balaban J connectivity index is 3.40. The number of hydrogen-bond donors (Lipinski definition) is 2. The summed E-state index contributed by atoms with van der Waals surface area (Å²) in [6, 6.07) is -0.493. The fraction of sp³-hybridized carbons (Fsp3) is 0.833. The number of nitrogens with two attached hydrogens (primary N) is 2. The molecular weight excluding hydrogens is 148 g/mol. The van der Waals surface area contributed by atoms with Crippen LogP contribution in [0.4, 0.5) is 0 Å². The van der Waals surface area contributed by atoms with Crippen LogP contribution < -0.4 is 11.5 Å². The zero-order valence-corrected chi connectivity index (χ0v) is 7.15. The minimum Gasteiger partial charge on any atom is -0.368 e. The molecule has 10 heavy (non-hydrogen) atoms. The largest absolute Gasteiger partial charge is 0.368 e. The van der Waals surface area contributed by atoms with E-state index in [2.05, 4.69) is 13.8 Å². The highest BCUT2D eigenvalue weighted by atomic mass is 32.2. The normalized spacial score (nSPS) is 13.6.